The number of hydrogen-bond donors (Lipinski definition) is 0. The molecular formula is C28H43FO. The van der Waals surface area contributed by atoms with Crippen molar-refractivity contribution in [3.63, 3.8) is 0 Å². The summed E-state index contributed by atoms with van der Waals surface area (Å²) in [7, 11) is 0. The Morgan fingerprint density at radius 3 is 2.60 bits per heavy atom. The van der Waals surface area contributed by atoms with Gasteiger partial charge in [-0.3, -0.25) is 0 Å². The average molecular weight is 415 g/mol. The van der Waals surface area contributed by atoms with E-state index in [9.17, 15) is 4.39 Å². The standard InChI is InChI=1S/C28H43FO/c1-3-5-6-7-14-30-26-13-12-21-16-22(10-11-23(21)18-26)25-17-24-9-8-20(4-2)15-27(24)28(29)19-25/h17,19-23,26H,3-16,18H2,1-2H3. The Hall–Kier alpha value is -0.890. The third-order valence-corrected chi connectivity index (χ3v) is 8.59. The van der Waals surface area contributed by atoms with Gasteiger partial charge in [0.2, 0.25) is 0 Å². The average Bonchev–Trinajstić information content (AvgIpc) is 2.78. The monoisotopic (exact) mass is 414 g/mol. The first-order chi connectivity index (χ1) is 14.7. The summed E-state index contributed by atoms with van der Waals surface area (Å²) in [4.78, 5) is 0. The van der Waals surface area contributed by atoms with Crippen molar-refractivity contribution in [1.82, 2.24) is 0 Å². The maximum atomic E-state index is 15.0. The number of unbranched alkanes of at least 4 members (excludes halogenated alkanes) is 3. The zero-order valence-corrected chi connectivity index (χ0v) is 19.4. The maximum Gasteiger partial charge on any atom is 0.126 e. The second kappa shape index (κ2) is 10.6. The Balaban J connectivity index is 1.31. The summed E-state index contributed by atoms with van der Waals surface area (Å²) in [5, 5.41) is 0. The number of rotatable bonds is 8. The van der Waals surface area contributed by atoms with Crippen LogP contribution in [0.4, 0.5) is 4.39 Å². The van der Waals surface area contributed by atoms with E-state index >= 15 is 0 Å². The number of halogens is 1. The lowest BCUT2D eigenvalue weighted by Gasteiger charge is -2.42. The normalized spacial score (nSPS) is 31.2. The molecule has 5 unspecified atom stereocenters. The molecule has 5 atom stereocenters. The largest absolute Gasteiger partial charge is 0.378 e. The molecule has 30 heavy (non-hydrogen) atoms. The van der Waals surface area contributed by atoms with Crippen LogP contribution in [0.3, 0.4) is 0 Å². The SMILES string of the molecule is CCCCCCOC1CCC2CC(c3cc(F)c4c(c3)CCC(CC)C4)CCC2C1. The molecule has 0 spiro atoms. The summed E-state index contributed by atoms with van der Waals surface area (Å²) in [6.07, 6.45) is 17.7. The van der Waals surface area contributed by atoms with E-state index in [1.807, 2.05) is 6.07 Å². The van der Waals surface area contributed by atoms with Crippen LogP contribution < -0.4 is 0 Å². The number of fused-ring (bicyclic) bond motifs is 2. The van der Waals surface area contributed by atoms with E-state index in [1.165, 1.54) is 88.2 Å². The second-order valence-electron chi connectivity index (χ2n) is 10.6. The van der Waals surface area contributed by atoms with Gasteiger partial charge in [-0.2, -0.15) is 0 Å². The minimum Gasteiger partial charge on any atom is -0.378 e. The van der Waals surface area contributed by atoms with Crippen LogP contribution in [-0.2, 0) is 17.6 Å². The van der Waals surface area contributed by atoms with Gasteiger partial charge in [0, 0.05) is 6.61 Å². The Kier molecular flexibility index (Phi) is 7.90. The molecule has 0 radical (unpaired) electrons. The van der Waals surface area contributed by atoms with Crippen LogP contribution in [-0.4, -0.2) is 12.7 Å². The van der Waals surface area contributed by atoms with Gasteiger partial charge in [0.15, 0.2) is 0 Å². The van der Waals surface area contributed by atoms with Crippen molar-refractivity contribution in [3.8, 4) is 0 Å². The highest BCUT2D eigenvalue weighted by atomic mass is 19.1. The molecule has 1 aromatic carbocycles. The fourth-order valence-electron chi connectivity index (χ4n) is 6.58. The highest BCUT2D eigenvalue weighted by Crippen LogP contribution is 2.47. The Morgan fingerprint density at radius 1 is 0.933 bits per heavy atom. The second-order valence-corrected chi connectivity index (χ2v) is 10.6. The zero-order chi connectivity index (χ0) is 20.9. The maximum absolute atomic E-state index is 15.0. The van der Waals surface area contributed by atoms with Crippen LogP contribution in [0.15, 0.2) is 12.1 Å². The van der Waals surface area contributed by atoms with Crippen molar-refractivity contribution in [2.24, 2.45) is 17.8 Å². The third-order valence-electron chi connectivity index (χ3n) is 8.59. The van der Waals surface area contributed by atoms with Gasteiger partial charge in [-0.1, -0.05) is 45.6 Å². The van der Waals surface area contributed by atoms with Crippen LogP contribution in [0.2, 0.25) is 0 Å². The molecule has 0 aliphatic heterocycles. The molecule has 0 heterocycles. The van der Waals surface area contributed by atoms with Crippen molar-refractivity contribution in [2.75, 3.05) is 6.61 Å². The van der Waals surface area contributed by atoms with Crippen molar-refractivity contribution in [2.45, 2.75) is 116 Å². The summed E-state index contributed by atoms with van der Waals surface area (Å²) >= 11 is 0. The summed E-state index contributed by atoms with van der Waals surface area (Å²) in [6.45, 7) is 5.46. The summed E-state index contributed by atoms with van der Waals surface area (Å²) < 4.78 is 21.2. The molecule has 2 heteroatoms. The topological polar surface area (TPSA) is 9.23 Å². The summed E-state index contributed by atoms with van der Waals surface area (Å²) in [5.74, 6) is 3.00. The number of ether oxygens (including phenoxy) is 1. The minimum atomic E-state index is 0.0861. The zero-order valence-electron chi connectivity index (χ0n) is 19.4. The highest BCUT2D eigenvalue weighted by molar-refractivity contribution is 5.37. The predicted molar refractivity (Wildman–Crippen MR) is 124 cm³/mol. The molecule has 2 fully saturated rings. The van der Waals surface area contributed by atoms with Crippen molar-refractivity contribution >= 4 is 0 Å². The predicted octanol–water partition coefficient (Wildman–Crippen LogP) is 7.99. The van der Waals surface area contributed by atoms with Gasteiger partial charge in [-0.25, -0.2) is 4.39 Å². The van der Waals surface area contributed by atoms with E-state index in [4.69, 9.17) is 4.74 Å². The number of benzene rings is 1. The molecule has 0 amide bonds. The van der Waals surface area contributed by atoms with Crippen LogP contribution in [0, 0.1) is 23.6 Å². The van der Waals surface area contributed by atoms with Crippen LogP contribution in [0.1, 0.15) is 114 Å². The molecule has 0 bridgehead atoms. The number of aryl methyl sites for hydroxylation is 1. The van der Waals surface area contributed by atoms with Crippen molar-refractivity contribution < 1.29 is 9.13 Å². The van der Waals surface area contributed by atoms with Gasteiger partial charge < -0.3 is 4.74 Å². The van der Waals surface area contributed by atoms with Crippen LogP contribution >= 0.6 is 0 Å². The first-order valence-corrected chi connectivity index (χ1v) is 13.1. The fraction of sp³-hybridized carbons (Fsp3) is 0.786. The van der Waals surface area contributed by atoms with Gasteiger partial charge in [-0.15, -0.1) is 0 Å². The van der Waals surface area contributed by atoms with Gasteiger partial charge >= 0.3 is 0 Å². The fourth-order valence-corrected chi connectivity index (χ4v) is 6.58. The van der Waals surface area contributed by atoms with Gasteiger partial charge in [-0.05, 0) is 111 Å². The van der Waals surface area contributed by atoms with Crippen LogP contribution in [0.5, 0.6) is 0 Å². The quantitative estimate of drug-likeness (QED) is 0.392. The van der Waals surface area contributed by atoms with Gasteiger partial charge in [0.1, 0.15) is 5.82 Å². The molecule has 1 nitrogen and oxygen atoms in total. The van der Waals surface area contributed by atoms with Gasteiger partial charge in [0.05, 0.1) is 6.10 Å². The lowest BCUT2D eigenvalue weighted by atomic mass is 9.65. The Labute approximate surface area is 184 Å². The van der Waals surface area contributed by atoms with Crippen molar-refractivity contribution in [1.29, 1.82) is 0 Å². The molecule has 1 aromatic rings. The van der Waals surface area contributed by atoms with Crippen molar-refractivity contribution in [3.05, 3.63) is 34.6 Å². The first-order valence-electron chi connectivity index (χ1n) is 13.1. The highest BCUT2D eigenvalue weighted by Gasteiger charge is 2.36. The van der Waals surface area contributed by atoms with Crippen LogP contribution in [0.25, 0.3) is 0 Å². The molecule has 3 aliphatic rings. The van der Waals surface area contributed by atoms with E-state index in [0.717, 1.165) is 36.8 Å². The summed E-state index contributed by atoms with van der Waals surface area (Å²) in [5.41, 5.74) is 3.65. The first kappa shape index (κ1) is 22.3. The molecule has 0 saturated heterocycles. The van der Waals surface area contributed by atoms with E-state index in [-0.39, 0.29) is 5.82 Å². The van der Waals surface area contributed by atoms with E-state index in [0.29, 0.717) is 17.9 Å². The van der Waals surface area contributed by atoms with E-state index < -0.39 is 0 Å². The van der Waals surface area contributed by atoms with E-state index in [1.54, 1.807) is 0 Å². The summed E-state index contributed by atoms with van der Waals surface area (Å²) in [6, 6.07) is 4.30. The minimum absolute atomic E-state index is 0.0861. The lowest BCUT2D eigenvalue weighted by molar-refractivity contribution is -0.0163. The Morgan fingerprint density at radius 2 is 1.77 bits per heavy atom. The molecule has 0 aromatic heterocycles. The molecular weight excluding hydrogens is 371 g/mol. The molecule has 3 aliphatic carbocycles. The number of hydrogen-bond acceptors (Lipinski definition) is 1. The molecule has 168 valence electrons. The lowest BCUT2D eigenvalue weighted by Crippen LogP contribution is -2.34. The van der Waals surface area contributed by atoms with E-state index in [2.05, 4.69) is 19.9 Å². The molecule has 0 N–H and O–H groups in total. The molecule has 2 saturated carbocycles. The molecule has 4 rings (SSSR count). The smallest absolute Gasteiger partial charge is 0.126 e. The Bertz CT molecular complexity index is 683. The van der Waals surface area contributed by atoms with Gasteiger partial charge in [0.25, 0.3) is 0 Å². The third kappa shape index (κ3) is 5.29.